The Hall–Kier alpha value is -0.790. The van der Waals surface area contributed by atoms with Crippen LogP contribution in [0.4, 0.5) is 5.69 Å². The second-order valence-corrected chi connectivity index (χ2v) is 7.55. The van der Waals surface area contributed by atoms with Crippen LogP contribution < -0.4 is 5.32 Å². The molecule has 1 saturated heterocycles. The molecule has 0 radical (unpaired) electrons. The lowest BCUT2D eigenvalue weighted by Gasteiger charge is -2.29. The molecule has 1 unspecified atom stereocenters. The second-order valence-electron chi connectivity index (χ2n) is 4.15. The Morgan fingerprint density at radius 3 is 3.00 bits per heavy atom. The van der Waals surface area contributed by atoms with E-state index < -0.39 is 10.0 Å². The zero-order chi connectivity index (χ0) is 13.2. The molecule has 100 valence electrons. The minimum absolute atomic E-state index is 0.117. The lowest BCUT2D eigenvalue weighted by atomic mass is 10.4. The van der Waals surface area contributed by atoms with Gasteiger partial charge in [-0.25, -0.2) is 13.4 Å². The van der Waals surface area contributed by atoms with Gasteiger partial charge in [-0.2, -0.15) is 16.1 Å². The number of nitrogens with zero attached hydrogens (tertiary/aromatic N) is 2. The molecular formula is C11H17N3O2S2. The van der Waals surface area contributed by atoms with E-state index in [1.165, 1.54) is 10.5 Å². The quantitative estimate of drug-likeness (QED) is 0.906. The van der Waals surface area contributed by atoms with Gasteiger partial charge in [-0.1, -0.05) is 6.92 Å². The van der Waals surface area contributed by atoms with Gasteiger partial charge >= 0.3 is 0 Å². The average molecular weight is 287 g/mol. The lowest BCUT2D eigenvalue weighted by Crippen LogP contribution is -2.41. The molecule has 1 aliphatic rings. The molecule has 0 saturated carbocycles. The van der Waals surface area contributed by atoms with Crippen LogP contribution in [0.1, 0.15) is 6.92 Å². The monoisotopic (exact) mass is 287 g/mol. The van der Waals surface area contributed by atoms with E-state index in [1.807, 2.05) is 6.92 Å². The first-order chi connectivity index (χ1) is 8.55. The van der Waals surface area contributed by atoms with E-state index in [4.69, 9.17) is 0 Å². The van der Waals surface area contributed by atoms with Crippen molar-refractivity contribution in [1.82, 2.24) is 9.29 Å². The summed E-state index contributed by atoms with van der Waals surface area (Å²) in [5, 5.41) is 3.32. The van der Waals surface area contributed by atoms with Crippen molar-refractivity contribution in [2.24, 2.45) is 0 Å². The molecule has 2 heterocycles. The van der Waals surface area contributed by atoms with Gasteiger partial charge in [0.25, 0.3) is 10.0 Å². The topological polar surface area (TPSA) is 62.3 Å². The fourth-order valence-electron chi connectivity index (χ4n) is 1.91. The van der Waals surface area contributed by atoms with Crippen molar-refractivity contribution in [2.75, 3.05) is 31.2 Å². The maximum atomic E-state index is 12.5. The molecule has 0 aliphatic carbocycles. The zero-order valence-electron chi connectivity index (χ0n) is 10.5. The Kier molecular flexibility index (Phi) is 4.14. The zero-order valence-corrected chi connectivity index (χ0v) is 12.1. The highest BCUT2D eigenvalue weighted by Crippen LogP contribution is 2.26. The third-order valence-corrected chi connectivity index (χ3v) is 5.79. The fraction of sp³-hybridized carbons (Fsp3) is 0.545. The van der Waals surface area contributed by atoms with Crippen LogP contribution in [0.25, 0.3) is 0 Å². The molecule has 2 rings (SSSR count). The number of pyridine rings is 1. The van der Waals surface area contributed by atoms with Gasteiger partial charge in [-0.15, -0.1) is 0 Å². The molecule has 18 heavy (non-hydrogen) atoms. The van der Waals surface area contributed by atoms with Gasteiger partial charge < -0.3 is 5.32 Å². The minimum atomic E-state index is -3.49. The third-order valence-electron chi connectivity index (χ3n) is 2.83. The lowest BCUT2D eigenvalue weighted by molar-refractivity contribution is 0.422. The van der Waals surface area contributed by atoms with Crippen molar-refractivity contribution in [1.29, 1.82) is 0 Å². The van der Waals surface area contributed by atoms with Crippen molar-refractivity contribution < 1.29 is 8.42 Å². The number of nitrogens with one attached hydrogen (secondary N) is 1. The SMILES string of the molecule is CNc1cccnc1S(=O)(=O)N1CCSC(C)C1. The molecule has 1 fully saturated rings. The van der Waals surface area contributed by atoms with E-state index in [1.54, 1.807) is 30.9 Å². The van der Waals surface area contributed by atoms with Crippen LogP contribution in [0.15, 0.2) is 23.4 Å². The van der Waals surface area contributed by atoms with Gasteiger partial charge in [0.15, 0.2) is 5.03 Å². The first-order valence-corrected chi connectivity index (χ1v) is 8.29. The van der Waals surface area contributed by atoms with E-state index in [0.717, 1.165) is 5.75 Å². The Labute approximate surface area is 112 Å². The van der Waals surface area contributed by atoms with Crippen molar-refractivity contribution in [3.05, 3.63) is 18.3 Å². The molecule has 5 nitrogen and oxygen atoms in total. The highest BCUT2D eigenvalue weighted by Gasteiger charge is 2.31. The molecule has 1 aromatic rings. The smallest absolute Gasteiger partial charge is 0.262 e. The van der Waals surface area contributed by atoms with Crippen LogP contribution in [0.5, 0.6) is 0 Å². The molecule has 0 aromatic carbocycles. The number of aromatic nitrogens is 1. The van der Waals surface area contributed by atoms with E-state index in [-0.39, 0.29) is 5.03 Å². The summed E-state index contributed by atoms with van der Waals surface area (Å²) in [6.45, 7) is 3.15. The summed E-state index contributed by atoms with van der Waals surface area (Å²) >= 11 is 1.80. The molecule has 7 heteroatoms. The second kappa shape index (κ2) is 5.46. The van der Waals surface area contributed by atoms with E-state index in [2.05, 4.69) is 10.3 Å². The van der Waals surface area contributed by atoms with Crippen molar-refractivity contribution in [2.45, 2.75) is 17.2 Å². The fourth-order valence-corrected chi connectivity index (χ4v) is 4.78. The number of rotatable bonds is 3. The van der Waals surface area contributed by atoms with Gasteiger partial charge in [0.2, 0.25) is 0 Å². The number of sulfonamides is 1. The van der Waals surface area contributed by atoms with Gasteiger partial charge in [-0.3, -0.25) is 0 Å². The first-order valence-electron chi connectivity index (χ1n) is 5.80. The first kappa shape index (κ1) is 13.6. The minimum Gasteiger partial charge on any atom is -0.386 e. The maximum Gasteiger partial charge on any atom is 0.262 e. The summed E-state index contributed by atoms with van der Waals surface area (Å²) < 4.78 is 26.6. The van der Waals surface area contributed by atoms with Crippen LogP contribution in [0.2, 0.25) is 0 Å². The molecular weight excluding hydrogens is 270 g/mol. The molecule has 0 amide bonds. The summed E-state index contributed by atoms with van der Waals surface area (Å²) in [4.78, 5) is 4.02. The number of thioether (sulfide) groups is 1. The van der Waals surface area contributed by atoms with E-state index in [0.29, 0.717) is 24.0 Å². The summed E-state index contributed by atoms with van der Waals surface area (Å²) in [6, 6.07) is 3.45. The van der Waals surface area contributed by atoms with Gasteiger partial charge in [-0.05, 0) is 12.1 Å². The summed E-state index contributed by atoms with van der Waals surface area (Å²) in [6.07, 6.45) is 1.51. The predicted octanol–water partition coefficient (Wildman–Crippen LogP) is 1.25. The summed E-state index contributed by atoms with van der Waals surface area (Å²) in [5.74, 6) is 0.835. The van der Waals surface area contributed by atoms with Crippen LogP contribution in [0, 0.1) is 0 Å². The Balaban J connectivity index is 2.35. The molecule has 1 atom stereocenters. The van der Waals surface area contributed by atoms with Gasteiger partial charge in [0, 0.05) is 37.3 Å². The average Bonchev–Trinajstić information content (AvgIpc) is 2.38. The molecule has 1 N–H and O–H groups in total. The van der Waals surface area contributed by atoms with Crippen molar-refractivity contribution in [3.63, 3.8) is 0 Å². The summed E-state index contributed by atoms with van der Waals surface area (Å²) in [5.41, 5.74) is 0.545. The normalized spacial score (nSPS) is 21.8. The predicted molar refractivity (Wildman–Crippen MR) is 74.5 cm³/mol. The summed E-state index contributed by atoms with van der Waals surface area (Å²) in [7, 11) is -1.79. The van der Waals surface area contributed by atoms with E-state index >= 15 is 0 Å². The molecule has 1 aromatic heterocycles. The highest BCUT2D eigenvalue weighted by molar-refractivity contribution is 8.00. The number of hydrogen-bond donors (Lipinski definition) is 1. The van der Waals surface area contributed by atoms with E-state index in [9.17, 15) is 8.42 Å². The van der Waals surface area contributed by atoms with Crippen molar-refractivity contribution >= 4 is 27.5 Å². The van der Waals surface area contributed by atoms with Crippen molar-refractivity contribution in [3.8, 4) is 0 Å². The Morgan fingerprint density at radius 2 is 2.33 bits per heavy atom. The highest BCUT2D eigenvalue weighted by atomic mass is 32.2. The molecule has 0 spiro atoms. The van der Waals surface area contributed by atoms with Crippen LogP contribution in [-0.4, -0.2) is 48.8 Å². The number of hydrogen-bond acceptors (Lipinski definition) is 5. The maximum absolute atomic E-state index is 12.5. The Bertz CT molecular complexity index is 519. The van der Waals surface area contributed by atoms with Crippen LogP contribution in [-0.2, 0) is 10.0 Å². The van der Waals surface area contributed by atoms with Crippen LogP contribution in [0.3, 0.4) is 0 Å². The third kappa shape index (κ3) is 2.62. The standard InChI is InChI=1S/C11H17N3O2S2/c1-9-8-14(6-7-17-9)18(15,16)11-10(12-2)4-3-5-13-11/h3-5,9,12H,6-8H2,1-2H3. The number of anilines is 1. The largest absolute Gasteiger partial charge is 0.386 e. The van der Waals surface area contributed by atoms with Gasteiger partial charge in [0.05, 0.1) is 5.69 Å². The van der Waals surface area contributed by atoms with Crippen LogP contribution >= 0.6 is 11.8 Å². The Morgan fingerprint density at radius 1 is 1.56 bits per heavy atom. The van der Waals surface area contributed by atoms with Gasteiger partial charge in [0.1, 0.15) is 0 Å². The molecule has 0 bridgehead atoms. The molecule has 1 aliphatic heterocycles.